The number of para-hydroxylation sites is 1. The Balaban J connectivity index is 1.76. The van der Waals surface area contributed by atoms with Crippen LogP contribution < -0.4 is 10.6 Å². The minimum Gasteiger partial charge on any atom is -0.322 e. The highest BCUT2D eigenvalue weighted by Crippen LogP contribution is 2.17. The molecule has 30 heavy (non-hydrogen) atoms. The molecule has 3 aromatic rings. The molecular formula is C24H18FN3O2. The van der Waals surface area contributed by atoms with E-state index in [0.29, 0.717) is 16.8 Å². The number of hydrogen-bond acceptors (Lipinski definition) is 3. The van der Waals surface area contributed by atoms with Crippen LogP contribution in [0.4, 0.5) is 15.8 Å². The van der Waals surface area contributed by atoms with Gasteiger partial charge in [-0.3, -0.25) is 9.59 Å². The zero-order valence-corrected chi connectivity index (χ0v) is 16.1. The van der Waals surface area contributed by atoms with Gasteiger partial charge in [0.1, 0.15) is 17.5 Å². The highest BCUT2D eigenvalue weighted by molar-refractivity contribution is 6.10. The zero-order chi connectivity index (χ0) is 21.5. The van der Waals surface area contributed by atoms with E-state index in [1.54, 1.807) is 42.5 Å². The summed E-state index contributed by atoms with van der Waals surface area (Å²) in [6.07, 6.45) is 1.37. The fourth-order valence-electron chi connectivity index (χ4n) is 2.68. The molecule has 5 nitrogen and oxygen atoms in total. The van der Waals surface area contributed by atoms with Gasteiger partial charge in [0.2, 0.25) is 0 Å². The number of carbonyl (C=O) groups excluding carboxylic acids is 2. The molecule has 0 bridgehead atoms. The number of rotatable bonds is 5. The molecule has 2 amide bonds. The van der Waals surface area contributed by atoms with E-state index >= 15 is 0 Å². The Morgan fingerprint density at radius 2 is 1.70 bits per heavy atom. The molecule has 3 rings (SSSR count). The second-order valence-electron chi connectivity index (χ2n) is 6.55. The number of halogens is 1. The van der Waals surface area contributed by atoms with Crippen molar-refractivity contribution in [2.45, 2.75) is 6.92 Å². The topological polar surface area (TPSA) is 82.0 Å². The maximum atomic E-state index is 13.7. The summed E-state index contributed by atoms with van der Waals surface area (Å²) in [5.41, 5.74) is 2.42. The predicted molar refractivity (Wildman–Crippen MR) is 114 cm³/mol. The first-order valence-corrected chi connectivity index (χ1v) is 9.12. The van der Waals surface area contributed by atoms with E-state index in [4.69, 9.17) is 0 Å². The number of aryl methyl sites for hydroxylation is 1. The fraction of sp³-hybridized carbons (Fsp3) is 0.0417. The Morgan fingerprint density at radius 1 is 0.967 bits per heavy atom. The van der Waals surface area contributed by atoms with Crippen molar-refractivity contribution in [1.82, 2.24) is 0 Å². The van der Waals surface area contributed by atoms with Crippen LogP contribution in [0.5, 0.6) is 0 Å². The molecule has 6 heteroatoms. The molecule has 0 spiro atoms. The van der Waals surface area contributed by atoms with Gasteiger partial charge in [0, 0.05) is 11.3 Å². The molecule has 0 aliphatic carbocycles. The standard InChI is InChI=1S/C24H18FN3O2/c1-16-9-11-18(12-10-16)23(29)27-20-6-4-5-17(14-20)13-19(15-26)24(30)28-22-8-3-2-7-21(22)25/h2-14H,1H3,(H,27,29)(H,28,30)/b19-13+. The Labute approximate surface area is 173 Å². The number of nitriles is 1. The van der Waals surface area contributed by atoms with E-state index < -0.39 is 11.7 Å². The number of nitrogens with one attached hydrogen (secondary N) is 2. The maximum Gasteiger partial charge on any atom is 0.266 e. The lowest BCUT2D eigenvalue weighted by atomic mass is 10.1. The molecule has 0 radical (unpaired) electrons. The zero-order valence-electron chi connectivity index (χ0n) is 16.1. The Hall–Kier alpha value is -4.24. The highest BCUT2D eigenvalue weighted by Gasteiger charge is 2.12. The van der Waals surface area contributed by atoms with Crippen LogP contribution in [-0.2, 0) is 4.79 Å². The molecule has 0 saturated heterocycles. The van der Waals surface area contributed by atoms with Gasteiger partial charge in [-0.05, 0) is 55.0 Å². The number of amides is 2. The normalized spacial score (nSPS) is 10.8. The molecule has 0 heterocycles. The third-order valence-corrected chi connectivity index (χ3v) is 4.26. The van der Waals surface area contributed by atoms with Crippen LogP contribution in [-0.4, -0.2) is 11.8 Å². The third-order valence-electron chi connectivity index (χ3n) is 4.26. The molecule has 0 aliphatic rings. The number of benzene rings is 3. The lowest BCUT2D eigenvalue weighted by molar-refractivity contribution is -0.112. The number of hydrogen-bond donors (Lipinski definition) is 2. The van der Waals surface area contributed by atoms with Gasteiger partial charge in [0.05, 0.1) is 5.69 Å². The molecule has 148 valence electrons. The summed E-state index contributed by atoms with van der Waals surface area (Å²) >= 11 is 0. The number of carbonyl (C=O) groups is 2. The summed E-state index contributed by atoms with van der Waals surface area (Å²) in [6.45, 7) is 1.94. The maximum absolute atomic E-state index is 13.7. The lowest BCUT2D eigenvalue weighted by Crippen LogP contribution is -2.14. The SMILES string of the molecule is Cc1ccc(C(=O)Nc2cccc(/C=C(\C#N)C(=O)Nc3ccccc3F)c2)cc1. The molecule has 0 atom stereocenters. The van der Waals surface area contributed by atoms with E-state index in [-0.39, 0.29) is 17.2 Å². The van der Waals surface area contributed by atoms with E-state index in [1.807, 2.05) is 25.1 Å². The molecular weight excluding hydrogens is 381 g/mol. The van der Waals surface area contributed by atoms with E-state index in [9.17, 15) is 19.2 Å². The fourth-order valence-corrected chi connectivity index (χ4v) is 2.68. The van der Waals surface area contributed by atoms with Gasteiger partial charge in [-0.25, -0.2) is 4.39 Å². The largest absolute Gasteiger partial charge is 0.322 e. The van der Waals surface area contributed by atoms with Gasteiger partial charge in [0.25, 0.3) is 11.8 Å². The van der Waals surface area contributed by atoms with E-state index in [0.717, 1.165) is 5.56 Å². The first-order valence-electron chi connectivity index (χ1n) is 9.12. The van der Waals surface area contributed by atoms with Crippen LogP contribution in [0.25, 0.3) is 6.08 Å². The first-order chi connectivity index (χ1) is 14.5. The minimum atomic E-state index is -0.725. The Morgan fingerprint density at radius 3 is 2.40 bits per heavy atom. The quantitative estimate of drug-likeness (QED) is 0.471. The van der Waals surface area contributed by atoms with Crippen molar-refractivity contribution in [2.75, 3.05) is 10.6 Å². The molecule has 2 N–H and O–H groups in total. The molecule has 0 aromatic heterocycles. The van der Waals surface area contributed by atoms with Crippen LogP contribution >= 0.6 is 0 Å². The Bertz CT molecular complexity index is 1160. The summed E-state index contributed by atoms with van der Waals surface area (Å²) < 4.78 is 13.7. The van der Waals surface area contributed by atoms with Crippen LogP contribution in [0.2, 0.25) is 0 Å². The summed E-state index contributed by atoms with van der Waals surface area (Å²) in [4.78, 5) is 24.7. The molecule has 3 aromatic carbocycles. The second-order valence-corrected chi connectivity index (χ2v) is 6.55. The van der Waals surface area contributed by atoms with Crippen LogP contribution in [0, 0.1) is 24.1 Å². The number of nitrogens with zero attached hydrogens (tertiary/aromatic N) is 1. The van der Waals surface area contributed by atoms with Crippen molar-refractivity contribution in [2.24, 2.45) is 0 Å². The van der Waals surface area contributed by atoms with Crippen molar-refractivity contribution in [1.29, 1.82) is 5.26 Å². The Kier molecular flexibility index (Phi) is 6.36. The molecule has 0 unspecified atom stereocenters. The van der Waals surface area contributed by atoms with E-state index in [2.05, 4.69) is 10.6 Å². The van der Waals surface area contributed by atoms with Gasteiger partial charge < -0.3 is 10.6 Å². The first kappa shape index (κ1) is 20.5. The van der Waals surface area contributed by atoms with Crippen molar-refractivity contribution in [3.63, 3.8) is 0 Å². The van der Waals surface area contributed by atoms with Gasteiger partial charge in [-0.15, -0.1) is 0 Å². The van der Waals surface area contributed by atoms with Crippen molar-refractivity contribution >= 4 is 29.3 Å². The number of anilines is 2. The van der Waals surface area contributed by atoms with Crippen LogP contribution in [0.3, 0.4) is 0 Å². The van der Waals surface area contributed by atoms with Gasteiger partial charge in [-0.2, -0.15) is 5.26 Å². The van der Waals surface area contributed by atoms with Gasteiger partial charge >= 0.3 is 0 Å². The smallest absolute Gasteiger partial charge is 0.266 e. The van der Waals surface area contributed by atoms with Crippen molar-refractivity contribution in [3.05, 3.63) is 101 Å². The minimum absolute atomic E-state index is 0.0113. The molecule has 0 fully saturated rings. The summed E-state index contributed by atoms with van der Waals surface area (Å²) in [5.74, 6) is -1.59. The summed E-state index contributed by atoms with van der Waals surface area (Å²) in [5, 5.41) is 14.5. The lowest BCUT2D eigenvalue weighted by Gasteiger charge is -2.07. The van der Waals surface area contributed by atoms with Crippen molar-refractivity contribution < 1.29 is 14.0 Å². The predicted octanol–water partition coefficient (Wildman–Crippen LogP) is 4.93. The third kappa shape index (κ3) is 5.18. The molecule has 0 aliphatic heterocycles. The average molecular weight is 399 g/mol. The summed E-state index contributed by atoms with van der Waals surface area (Å²) in [7, 11) is 0. The molecule has 0 saturated carbocycles. The van der Waals surface area contributed by atoms with E-state index in [1.165, 1.54) is 24.3 Å². The van der Waals surface area contributed by atoms with Gasteiger partial charge in [0.15, 0.2) is 0 Å². The summed E-state index contributed by atoms with van der Waals surface area (Å²) in [6, 6.07) is 21.4. The van der Waals surface area contributed by atoms with Crippen molar-refractivity contribution in [3.8, 4) is 6.07 Å². The average Bonchev–Trinajstić information content (AvgIpc) is 2.74. The van der Waals surface area contributed by atoms with Gasteiger partial charge in [-0.1, -0.05) is 42.0 Å². The van der Waals surface area contributed by atoms with Crippen LogP contribution in [0.15, 0.2) is 78.4 Å². The second kappa shape index (κ2) is 9.30. The monoisotopic (exact) mass is 399 g/mol. The highest BCUT2D eigenvalue weighted by atomic mass is 19.1. The van der Waals surface area contributed by atoms with Crippen LogP contribution in [0.1, 0.15) is 21.5 Å².